The maximum absolute atomic E-state index is 11.0. The fraction of sp³-hybridized carbons (Fsp3) is 0.500. The van der Waals surface area contributed by atoms with E-state index in [0.717, 1.165) is 17.9 Å². The normalized spacial score (nSPS) is 10.3. The number of carbonyl (C=O) groups is 1. The SMILES string of the molecule is CCOc1cc(C(=O)O)cc(Br)c1OCCCSCC. The maximum atomic E-state index is 11.0. The van der Waals surface area contributed by atoms with Crippen molar-refractivity contribution < 1.29 is 19.4 Å². The van der Waals surface area contributed by atoms with Crippen LogP contribution in [0.3, 0.4) is 0 Å². The topological polar surface area (TPSA) is 55.8 Å². The lowest BCUT2D eigenvalue weighted by molar-refractivity contribution is 0.0696. The standard InChI is InChI=1S/C14H19BrO4S/c1-3-18-12-9-10(14(16)17)8-11(15)13(12)19-6-5-7-20-4-2/h8-9H,3-7H2,1-2H3,(H,16,17). The third-order valence-corrected chi connectivity index (χ3v) is 4.01. The quantitative estimate of drug-likeness (QED) is 0.671. The first kappa shape index (κ1) is 17.2. The summed E-state index contributed by atoms with van der Waals surface area (Å²) in [6.45, 7) is 5.01. The van der Waals surface area contributed by atoms with Crippen molar-refractivity contribution in [2.75, 3.05) is 24.7 Å². The van der Waals surface area contributed by atoms with Gasteiger partial charge >= 0.3 is 5.97 Å². The average molecular weight is 363 g/mol. The molecular formula is C14H19BrO4S. The highest BCUT2D eigenvalue weighted by Gasteiger charge is 2.15. The van der Waals surface area contributed by atoms with Crippen molar-refractivity contribution in [3.63, 3.8) is 0 Å². The van der Waals surface area contributed by atoms with E-state index in [-0.39, 0.29) is 5.56 Å². The molecule has 1 aromatic rings. The zero-order valence-corrected chi connectivity index (χ0v) is 14.1. The van der Waals surface area contributed by atoms with Gasteiger partial charge in [0.1, 0.15) is 0 Å². The molecule has 0 saturated heterocycles. The number of halogens is 1. The van der Waals surface area contributed by atoms with E-state index in [0.29, 0.717) is 29.2 Å². The predicted octanol–water partition coefficient (Wildman–Crippen LogP) is 4.07. The lowest BCUT2D eigenvalue weighted by Crippen LogP contribution is -2.05. The first-order valence-electron chi connectivity index (χ1n) is 6.50. The smallest absolute Gasteiger partial charge is 0.335 e. The van der Waals surface area contributed by atoms with Crippen LogP contribution in [0, 0.1) is 0 Å². The summed E-state index contributed by atoms with van der Waals surface area (Å²) >= 11 is 5.21. The molecule has 0 spiro atoms. The Morgan fingerprint density at radius 3 is 2.70 bits per heavy atom. The second kappa shape index (κ2) is 9.13. The molecule has 0 aliphatic carbocycles. The van der Waals surface area contributed by atoms with Crippen molar-refractivity contribution in [2.45, 2.75) is 20.3 Å². The molecule has 1 N–H and O–H groups in total. The van der Waals surface area contributed by atoms with Crippen LogP contribution in [-0.2, 0) is 0 Å². The van der Waals surface area contributed by atoms with Crippen LogP contribution in [0.15, 0.2) is 16.6 Å². The molecule has 0 radical (unpaired) electrons. The van der Waals surface area contributed by atoms with Crippen molar-refractivity contribution in [2.24, 2.45) is 0 Å². The molecule has 20 heavy (non-hydrogen) atoms. The summed E-state index contributed by atoms with van der Waals surface area (Å²) in [5.74, 6) is 2.19. The van der Waals surface area contributed by atoms with Gasteiger partial charge in [0.15, 0.2) is 11.5 Å². The predicted molar refractivity (Wildman–Crippen MR) is 85.4 cm³/mol. The average Bonchev–Trinajstić information content (AvgIpc) is 2.40. The van der Waals surface area contributed by atoms with Crippen LogP contribution in [-0.4, -0.2) is 35.8 Å². The molecule has 0 aliphatic heterocycles. The van der Waals surface area contributed by atoms with E-state index in [1.54, 1.807) is 0 Å². The van der Waals surface area contributed by atoms with Crippen LogP contribution >= 0.6 is 27.7 Å². The number of carboxylic acids is 1. The Kier molecular flexibility index (Phi) is 7.84. The molecular weight excluding hydrogens is 344 g/mol. The van der Waals surface area contributed by atoms with Gasteiger partial charge in [-0.15, -0.1) is 0 Å². The number of carboxylic acid groups (broad SMARTS) is 1. The van der Waals surface area contributed by atoms with Crippen LogP contribution in [0.25, 0.3) is 0 Å². The first-order chi connectivity index (χ1) is 9.60. The Morgan fingerprint density at radius 2 is 2.10 bits per heavy atom. The zero-order valence-electron chi connectivity index (χ0n) is 11.6. The molecule has 0 amide bonds. The number of thioether (sulfide) groups is 1. The van der Waals surface area contributed by atoms with Gasteiger partial charge in [-0.05, 0) is 52.9 Å². The van der Waals surface area contributed by atoms with Gasteiger partial charge in [0.25, 0.3) is 0 Å². The molecule has 0 unspecified atom stereocenters. The lowest BCUT2D eigenvalue weighted by Gasteiger charge is -2.14. The summed E-state index contributed by atoms with van der Waals surface area (Å²) in [5.41, 5.74) is 0.175. The molecule has 4 nitrogen and oxygen atoms in total. The summed E-state index contributed by atoms with van der Waals surface area (Å²) in [6, 6.07) is 3.02. The summed E-state index contributed by atoms with van der Waals surface area (Å²) in [5, 5.41) is 9.05. The minimum absolute atomic E-state index is 0.175. The van der Waals surface area contributed by atoms with Gasteiger partial charge in [0.2, 0.25) is 0 Å². The molecule has 1 aromatic carbocycles. The number of ether oxygens (including phenoxy) is 2. The van der Waals surface area contributed by atoms with Crippen molar-refractivity contribution in [1.82, 2.24) is 0 Å². The molecule has 0 saturated carbocycles. The van der Waals surface area contributed by atoms with Gasteiger partial charge in [-0.3, -0.25) is 0 Å². The van der Waals surface area contributed by atoms with Gasteiger partial charge in [0, 0.05) is 0 Å². The van der Waals surface area contributed by atoms with Gasteiger partial charge in [-0.1, -0.05) is 6.92 Å². The summed E-state index contributed by atoms with van der Waals surface area (Å²) in [4.78, 5) is 11.0. The van der Waals surface area contributed by atoms with Crippen LogP contribution < -0.4 is 9.47 Å². The molecule has 1 rings (SSSR count). The monoisotopic (exact) mass is 362 g/mol. The van der Waals surface area contributed by atoms with Crippen LogP contribution in [0.2, 0.25) is 0 Å². The molecule has 112 valence electrons. The van der Waals surface area contributed by atoms with E-state index >= 15 is 0 Å². The van der Waals surface area contributed by atoms with Crippen LogP contribution in [0.4, 0.5) is 0 Å². The summed E-state index contributed by atoms with van der Waals surface area (Å²) in [6.07, 6.45) is 0.942. The highest BCUT2D eigenvalue weighted by Crippen LogP contribution is 2.37. The molecule has 0 atom stereocenters. The summed E-state index contributed by atoms with van der Waals surface area (Å²) < 4.78 is 11.8. The number of rotatable bonds is 9. The van der Waals surface area contributed by atoms with Gasteiger partial charge < -0.3 is 14.6 Å². The van der Waals surface area contributed by atoms with Crippen molar-refractivity contribution in [1.29, 1.82) is 0 Å². The van der Waals surface area contributed by atoms with E-state index in [1.165, 1.54) is 12.1 Å². The number of hydrogen-bond donors (Lipinski definition) is 1. The van der Waals surface area contributed by atoms with E-state index in [4.69, 9.17) is 14.6 Å². The van der Waals surface area contributed by atoms with Crippen LogP contribution in [0.1, 0.15) is 30.6 Å². The van der Waals surface area contributed by atoms with Gasteiger partial charge in [0.05, 0.1) is 23.2 Å². The fourth-order valence-corrected chi connectivity index (χ4v) is 2.74. The van der Waals surface area contributed by atoms with E-state index in [2.05, 4.69) is 22.9 Å². The Hall–Kier alpha value is -0.880. The first-order valence-corrected chi connectivity index (χ1v) is 8.45. The molecule has 0 fully saturated rings. The molecule has 0 aliphatic rings. The highest BCUT2D eigenvalue weighted by atomic mass is 79.9. The minimum atomic E-state index is -0.988. The molecule has 6 heteroatoms. The Labute approximate surface area is 132 Å². The Bertz CT molecular complexity index is 451. The largest absolute Gasteiger partial charge is 0.490 e. The number of aromatic carboxylic acids is 1. The third-order valence-electron chi connectivity index (χ3n) is 2.44. The third kappa shape index (κ3) is 5.25. The van der Waals surface area contributed by atoms with Crippen molar-refractivity contribution >= 4 is 33.7 Å². The lowest BCUT2D eigenvalue weighted by atomic mass is 10.2. The van der Waals surface area contributed by atoms with E-state index < -0.39 is 5.97 Å². The Morgan fingerprint density at radius 1 is 1.35 bits per heavy atom. The van der Waals surface area contributed by atoms with E-state index in [9.17, 15) is 4.79 Å². The molecule has 0 aromatic heterocycles. The fourth-order valence-electron chi connectivity index (χ4n) is 1.57. The van der Waals surface area contributed by atoms with Gasteiger partial charge in [-0.25, -0.2) is 4.79 Å². The summed E-state index contributed by atoms with van der Waals surface area (Å²) in [7, 11) is 0. The van der Waals surface area contributed by atoms with Gasteiger partial charge in [-0.2, -0.15) is 11.8 Å². The molecule has 0 bridgehead atoms. The minimum Gasteiger partial charge on any atom is -0.490 e. The zero-order chi connectivity index (χ0) is 15.0. The second-order valence-corrected chi connectivity index (χ2v) is 6.17. The maximum Gasteiger partial charge on any atom is 0.335 e. The number of hydrogen-bond acceptors (Lipinski definition) is 4. The number of benzene rings is 1. The van der Waals surface area contributed by atoms with Crippen LogP contribution in [0.5, 0.6) is 11.5 Å². The van der Waals surface area contributed by atoms with Crippen molar-refractivity contribution in [3.05, 3.63) is 22.2 Å². The van der Waals surface area contributed by atoms with E-state index in [1.807, 2.05) is 18.7 Å². The molecule has 0 heterocycles. The van der Waals surface area contributed by atoms with Crippen molar-refractivity contribution in [3.8, 4) is 11.5 Å². The second-order valence-electron chi connectivity index (χ2n) is 3.92. The Balaban J connectivity index is 2.79. The highest BCUT2D eigenvalue weighted by molar-refractivity contribution is 9.10.